The second kappa shape index (κ2) is 20.7. The van der Waals surface area contributed by atoms with Gasteiger partial charge in [0.1, 0.15) is 6.10 Å². The van der Waals surface area contributed by atoms with Gasteiger partial charge in [0.05, 0.1) is 6.61 Å². The molecule has 0 N–H and O–H groups in total. The number of carbonyl (C=O) groups is 1. The molecule has 4 aliphatic carbocycles. The first-order valence-corrected chi connectivity index (χ1v) is 21.9. The second-order valence-corrected chi connectivity index (χ2v) is 18.3. The molecule has 3 heteroatoms. The van der Waals surface area contributed by atoms with Crippen molar-refractivity contribution in [3.05, 3.63) is 23.8 Å². The van der Waals surface area contributed by atoms with Gasteiger partial charge in [-0.3, -0.25) is 0 Å². The lowest BCUT2D eigenvalue weighted by molar-refractivity contribution is -0.0617. The van der Waals surface area contributed by atoms with Crippen LogP contribution in [0.3, 0.4) is 0 Å². The summed E-state index contributed by atoms with van der Waals surface area (Å²) in [6.45, 7) is 15.4. The van der Waals surface area contributed by atoms with Gasteiger partial charge in [-0.2, -0.15) is 0 Å². The molecule has 0 amide bonds. The van der Waals surface area contributed by atoms with E-state index in [1.807, 2.05) is 0 Å². The van der Waals surface area contributed by atoms with Crippen molar-refractivity contribution in [3.63, 3.8) is 0 Å². The van der Waals surface area contributed by atoms with E-state index < -0.39 is 6.16 Å². The normalized spacial score (nSPS) is 31.7. The number of allylic oxidation sites excluding steroid dienone is 3. The fourth-order valence-corrected chi connectivity index (χ4v) is 11.4. The summed E-state index contributed by atoms with van der Waals surface area (Å²) in [6, 6.07) is 0. The SMILES string of the molecule is CCCCCCCC/C=C/CCCCCCCCOC(=O)O[C@H]1CC[C@@]2(C)C(=CC[C@H]3[C@@H]4CC[C@H]([C@H](C)CCCC(C)C)[C@@]4(C)CC[C@@H]32)C1. The smallest absolute Gasteiger partial charge is 0.434 e. The summed E-state index contributed by atoms with van der Waals surface area (Å²) in [7, 11) is 0. The highest BCUT2D eigenvalue weighted by Gasteiger charge is 2.59. The minimum Gasteiger partial charge on any atom is -0.434 e. The van der Waals surface area contributed by atoms with Gasteiger partial charge in [-0.1, -0.05) is 142 Å². The van der Waals surface area contributed by atoms with Crippen molar-refractivity contribution < 1.29 is 14.3 Å². The summed E-state index contributed by atoms with van der Waals surface area (Å²) in [5.74, 6) is 5.15. The molecule has 0 aromatic rings. The van der Waals surface area contributed by atoms with Crippen molar-refractivity contribution in [3.8, 4) is 0 Å². The van der Waals surface area contributed by atoms with Crippen LogP contribution < -0.4 is 0 Å². The number of ether oxygens (including phenoxy) is 2. The Morgan fingerprint density at radius 3 is 2.16 bits per heavy atom. The summed E-state index contributed by atoms with van der Waals surface area (Å²) in [4.78, 5) is 12.6. The molecule has 0 bridgehead atoms. The van der Waals surface area contributed by atoms with Gasteiger partial charge in [-0.25, -0.2) is 4.79 Å². The highest BCUT2D eigenvalue weighted by Crippen LogP contribution is 2.67. The standard InChI is InChI=1S/C46H80O3/c1-7-8-9-10-11-12-13-14-15-16-17-18-19-20-21-22-34-48-44(47)49-39-30-32-45(5)38(35-39)26-27-40-42-29-28-41(37(4)25-23-24-36(2)3)46(42,6)33-31-43(40)45/h14-15,26,36-37,39-43H,7-13,16-25,27-35H2,1-6H3/b15-14+/t37-,39+,40+,41-,42+,43+,45+,46-/m1/s1. The molecule has 0 unspecified atom stereocenters. The van der Waals surface area contributed by atoms with Crippen LogP contribution in [0, 0.1) is 46.3 Å². The molecule has 4 rings (SSSR count). The maximum Gasteiger partial charge on any atom is 0.508 e. The molecular weight excluding hydrogens is 601 g/mol. The second-order valence-electron chi connectivity index (χ2n) is 18.3. The molecular formula is C46H80O3. The average molecular weight is 681 g/mol. The average Bonchev–Trinajstić information content (AvgIpc) is 3.43. The number of hydrogen-bond acceptors (Lipinski definition) is 3. The van der Waals surface area contributed by atoms with Crippen molar-refractivity contribution in [2.75, 3.05) is 6.61 Å². The predicted octanol–water partition coefficient (Wildman–Crippen LogP) is 14.6. The van der Waals surface area contributed by atoms with Crippen LogP contribution in [0.15, 0.2) is 23.8 Å². The summed E-state index contributed by atoms with van der Waals surface area (Å²) in [6.07, 6.45) is 39.2. The van der Waals surface area contributed by atoms with Crippen LogP contribution in [0.2, 0.25) is 0 Å². The topological polar surface area (TPSA) is 35.5 Å². The van der Waals surface area contributed by atoms with Gasteiger partial charge in [-0.05, 0) is 123 Å². The van der Waals surface area contributed by atoms with Crippen LogP contribution in [0.25, 0.3) is 0 Å². The third kappa shape index (κ3) is 11.6. The minimum atomic E-state index is -0.441. The van der Waals surface area contributed by atoms with Gasteiger partial charge in [0, 0.05) is 6.42 Å². The third-order valence-electron chi connectivity index (χ3n) is 14.4. The summed E-state index contributed by atoms with van der Waals surface area (Å²) < 4.78 is 11.5. The van der Waals surface area contributed by atoms with Crippen LogP contribution in [-0.2, 0) is 9.47 Å². The van der Waals surface area contributed by atoms with Crippen molar-refractivity contribution in [2.24, 2.45) is 46.3 Å². The summed E-state index contributed by atoms with van der Waals surface area (Å²) in [5, 5.41) is 0. The Morgan fingerprint density at radius 2 is 1.47 bits per heavy atom. The van der Waals surface area contributed by atoms with E-state index in [1.165, 1.54) is 128 Å². The Morgan fingerprint density at radius 1 is 0.796 bits per heavy atom. The van der Waals surface area contributed by atoms with E-state index in [0.717, 1.165) is 67.6 Å². The molecule has 8 atom stereocenters. The Labute approximate surface area is 304 Å². The van der Waals surface area contributed by atoms with E-state index in [4.69, 9.17) is 9.47 Å². The number of unbranched alkanes of at least 4 members (excludes halogenated alkanes) is 12. The molecule has 0 radical (unpaired) electrons. The molecule has 3 saturated carbocycles. The molecule has 0 aromatic carbocycles. The first-order valence-electron chi connectivity index (χ1n) is 21.9. The molecule has 282 valence electrons. The van der Waals surface area contributed by atoms with E-state index in [-0.39, 0.29) is 6.10 Å². The van der Waals surface area contributed by atoms with Crippen molar-refractivity contribution in [1.82, 2.24) is 0 Å². The molecule has 4 aliphatic rings. The van der Waals surface area contributed by atoms with Gasteiger partial charge < -0.3 is 9.47 Å². The number of fused-ring (bicyclic) bond motifs is 5. The molecule has 0 aromatic heterocycles. The molecule has 0 heterocycles. The van der Waals surface area contributed by atoms with Crippen molar-refractivity contribution in [1.29, 1.82) is 0 Å². The molecule has 0 saturated heterocycles. The third-order valence-corrected chi connectivity index (χ3v) is 14.4. The van der Waals surface area contributed by atoms with Gasteiger partial charge >= 0.3 is 6.16 Å². The zero-order valence-corrected chi connectivity index (χ0v) is 33.4. The zero-order chi connectivity index (χ0) is 35.1. The van der Waals surface area contributed by atoms with E-state index in [0.29, 0.717) is 17.4 Å². The van der Waals surface area contributed by atoms with Crippen LogP contribution in [0.5, 0.6) is 0 Å². The van der Waals surface area contributed by atoms with E-state index in [2.05, 4.69) is 59.8 Å². The fraction of sp³-hybridized carbons (Fsp3) is 0.891. The Bertz CT molecular complexity index is 1010. The van der Waals surface area contributed by atoms with Gasteiger partial charge in [0.25, 0.3) is 0 Å². The first-order chi connectivity index (χ1) is 23.7. The van der Waals surface area contributed by atoms with Crippen LogP contribution in [0.4, 0.5) is 4.79 Å². The minimum absolute atomic E-state index is 0.0142. The largest absolute Gasteiger partial charge is 0.508 e. The summed E-state index contributed by atoms with van der Waals surface area (Å²) >= 11 is 0. The number of rotatable bonds is 22. The number of hydrogen-bond donors (Lipinski definition) is 0. The van der Waals surface area contributed by atoms with Crippen molar-refractivity contribution in [2.45, 2.75) is 208 Å². The van der Waals surface area contributed by atoms with E-state index in [1.54, 1.807) is 5.57 Å². The van der Waals surface area contributed by atoms with Gasteiger partial charge in [0.15, 0.2) is 0 Å². The van der Waals surface area contributed by atoms with E-state index in [9.17, 15) is 4.79 Å². The molecule has 49 heavy (non-hydrogen) atoms. The number of carbonyl (C=O) groups excluding carboxylic acids is 1. The first kappa shape index (κ1) is 40.5. The fourth-order valence-electron chi connectivity index (χ4n) is 11.4. The van der Waals surface area contributed by atoms with Crippen LogP contribution in [-0.4, -0.2) is 18.9 Å². The quantitative estimate of drug-likeness (QED) is 0.0648. The lowest BCUT2D eigenvalue weighted by atomic mass is 9.47. The maximum absolute atomic E-state index is 12.6. The van der Waals surface area contributed by atoms with E-state index >= 15 is 0 Å². The highest BCUT2D eigenvalue weighted by molar-refractivity contribution is 5.60. The molecule has 3 nitrogen and oxygen atoms in total. The van der Waals surface area contributed by atoms with Crippen LogP contribution in [0.1, 0.15) is 202 Å². The van der Waals surface area contributed by atoms with Gasteiger partial charge in [0.2, 0.25) is 0 Å². The Balaban J connectivity index is 1.08. The molecule has 0 spiro atoms. The van der Waals surface area contributed by atoms with Crippen LogP contribution >= 0.6 is 0 Å². The lowest BCUT2D eigenvalue weighted by Crippen LogP contribution is -2.51. The Kier molecular flexibility index (Phi) is 17.1. The maximum atomic E-state index is 12.6. The predicted molar refractivity (Wildman–Crippen MR) is 209 cm³/mol. The monoisotopic (exact) mass is 681 g/mol. The lowest BCUT2D eigenvalue weighted by Gasteiger charge is -2.58. The zero-order valence-electron chi connectivity index (χ0n) is 33.4. The molecule has 0 aliphatic heterocycles. The van der Waals surface area contributed by atoms with Gasteiger partial charge in [-0.15, -0.1) is 0 Å². The highest BCUT2D eigenvalue weighted by atomic mass is 16.7. The summed E-state index contributed by atoms with van der Waals surface area (Å²) in [5.41, 5.74) is 2.42. The molecule has 3 fully saturated rings. The Hall–Kier alpha value is -1.25. The van der Waals surface area contributed by atoms with Crippen molar-refractivity contribution >= 4 is 6.16 Å².